The number of halogens is 1. The van der Waals surface area contributed by atoms with Crippen LogP contribution in [0.5, 0.6) is 0 Å². The maximum Gasteiger partial charge on any atom is 0.338 e. The lowest BCUT2D eigenvalue weighted by Gasteiger charge is -2.08. The molecule has 0 aromatic heterocycles. The first-order valence-electron chi connectivity index (χ1n) is 7.53. The largest absolute Gasteiger partial charge is 0.462 e. The third-order valence-corrected chi connectivity index (χ3v) is 4.14. The fourth-order valence-corrected chi connectivity index (χ4v) is 2.67. The highest BCUT2D eigenvalue weighted by Crippen LogP contribution is 2.16. The van der Waals surface area contributed by atoms with E-state index in [9.17, 15) is 4.79 Å². The summed E-state index contributed by atoms with van der Waals surface area (Å²) in [4.78, 5) is 16.3. The Labute approximate surface area is 143 Å². The lowest BCUT2D eigenvalue weighted by Crippen LogP contribution is -2.25. The summed E-state index contributed by atoms with van der Waals surface area (Å²) in [5.41, 5.74) is 2.98. The fourth-order valence-electron chi connectivity index (χ4n) is 2.40. The summed E-state index contributed by atoms with van der Waals surface area (Å²) in [5.74, 6) is 0.640. The number of amidine groups is 1. The highest BCUT2D eigenvalue weighted by Gasteiger charge is 2.14. The molecule has 4 nitrogen and oxygen atoms in total. The van der Waals surface area contributed by atoms with Crippen LogP contribution < -0.4 is 5.32 Å². The van der Waals surface area contributed by atoms with Crippen molar-refractivity contribution in [1.82, 2.24) is 5.32 Å². The highest BCUT2D eigenvalue weighted by atomic mass is 79.9. The van der Waals surface area contributed by atoms with Crippen molar-refractivity contribution in [2.45, 2.75) is 13.0 Å². The molecule has 2 aromatic rings. The van der Waals surface area contributed by atoms with Gasteiger partial charge in [0.2, 0.25) is 0 Å². The number of benzene rings is 2. The second-order valence-electron chi connectivity index (χ2n) is 5.25. The zero-order valence-corrected chi connectivity index (χ0v) is 14.2. The van der Waals surface area contributed by atoms with E-state index in [0.717, 1.165) is 29.8 Å². The van der Waals surface area contributed by atoms with E-state index in [1.165, 1.54) is 11.1 Å². The Hall–Kier alpha value is -2.14. The molecule has 0 radical (unpaired) electrons. The van der Waals surface area contributed by atoms with Gasteiger partial charge >= 0.3 is 5.97 Å². The average molecular weight is 373 g/mol. The lowest BCUT2D eigenvalue weighted by molar-refractivity contribution is 0.0502. The Balaban J connectivity index is 1.39. The van der Waals surface area contributed by atoms with Crippen LogP contribution in [0.2, 0.25) is 0 Å². The number of carbonyl (C=O) groups is 1. The van der Waals surface area contributed by atoms with Crippen LogP contribution >= 0.6 is 15.9 Å². The van der Waals surface area contributed by atoms with Crippen LogP contribution in [0.15, 0.2) is 58.0 Å². The molecule has 1 N–H and O–H groups in total. The van der Waals surface area contributed by atoms with Gasteiger partial charge < -0.3 is 10.1 Å². The van der Waals surface area contributed by atoms with Gasteiger partial charge in [-0.1, -0.05) is 40.2 Å². The Bertz CT molecular complexity index is 726. The van der Waals surface area contributed by atoms with Crippen molar-refractivity contribution in [2.75, 3.05) is 13.2 Å². The summed E-state index contributed by atoms with van der Waals surface area (Å²) in [5, 5.41) is 3.31. The Morgan fingerprint density at radius 2 is 1.96 bits per heavy atom. The molecule has 0 aliphatic carbocycles. The number of nitrogens with zero attached hydrogens (tertiary/aromatic N) is 1. The number of esters is 1. The Morgan fingerprint density at radius 3 is 2.78 bits per heavy atom. The summed E-state index contributed by atoms with van der Waals surface area (Å²) in [7, 11) is 0. The van der Waals surface area contributed by atoms with Crippen molar-refractivity contribution in [3.8, 4) is 0 Å². The van der Waals surface area contributed by atoms with Gasteiger partial charge in [-0.3, -0.25) is 4.99 Å². The maximum atomic E-state index is 11.9. The first-order chi connectivity index (χ1) is 11.2. The standard InChI is InChI=1S/C18H17BrN2O2/c19-15-8-6-13(7-9-15)18(22)23-11-3-10-20-17-16-5-2-1-4-14(16)12-21-17/h1-2,4-9H,3,10-12H2,(H,20,21). The topological polar surface area (TPSA) is 50.7 Å². The molecule has 0 unspecified atom stereocenters. The molecule has 118 valence electrons. The molecular weight excluding hydrogens is 356 g/mol. The summed E-state index contributed by atoms with van der Waals surface area (Å²) in [6.45, 7) is 1.84. The van der Waals surface area contributed by atoms with Crippen molar-refractivity contribution in [1.29, 1.82) is 0 Å². The molecular formula is C18H17BrN2O2. The number of ether oxygens (including phenoxy) is 1. The zero-order valence-electron chi connectivity index (χ0n) is 12.6. The lowest BCUT2D eigenvalue weighted by atomic mass is 10.1. The average Bonchev–Trinajstić information content (AvgIpc) is 2.98. The van der Waals surface area contributed by atoms with Gasteiger partial charge in [0.1, 0.15) is 5.84 Å². The molecule has 1 aliphatic heterocycles. The molecule has 0 fully saturated rings. The van der Waals surface area contributed by atoms with Gasteiger partial charge in [-0.2, -0.15) is 0 Å². The summed E-state index contributed by atoms with van der Waals surface area (Å²) >= 11 is 3.34. The van der Waals surface area contributed by atoms with E-state index >= 15 is 0 Å². The number of hydrogen-bond acceptors (Lipinski definition) is 4. The zero-order chi connectivity index (χ0) is 16.1. The molecule has 0 atom stereocenters. The van der Waals surface area contributed by atoms with Gasteiger partial charge in [-0.15, -0.1) is 0 Å². The third-order valence-electron chi connectivity index (χ3n) is 3.61. The quantitative estimate of drug-likeness (QED) is 0.644. The highest BCUT2D eigenvalue weighted by molar-refractivity contribution is 9.10. The molecule has 1 heterocycles. The van der Waals surface area contributed by atoms with Crippen LogP contribution in [0.1, 0.15) is 27.9 Å². The third kappa shape index (κ3) is 3.99. The minimum Gasteiger partial charge on any atom is -0.462 e. The molecule has 3 rings (SSSR count). The number of hydrogen-bond donors (Lipinski definition) is 1. The minimum atomic E-state index is -0.291. The molecule has 2 aromatic carbocycles. The molecule has 1 aliphatic rings. The SMILES string of the molecule is O=C(OCCCNC1=NCc2ccccc21)c1ccc(Br)cc1. The molecule has 0 amide bonds. The van der Waals surface area contributed by atoms with E-state index in [-0.39, 0.29) is 5.97 Å². The van der Waals surface area contributed by atoms with Gasteiger partial charge in [-0.25, -0.2) is 4.79 Å². The van der Waals surface area contributed by atoms with Crippen molar-refractivity contribution in [3.63, 3.8) is 0 Å². The molecule has 0 bridgehead atoms. The van der Waals surface area contributed by atoms with Crippen molar-refractivity contribution >= 4 is 27.7 Å². The number of nitrogens with one attached hydrogen (secondary N) is 1. The van der Waals surface area contributed by atoms with Crippen LogP contribution in [0.4, 0.5) is 0 Å². The van der Waals surface area contributed by atoms with Crippen molar-refractivity contribution in [2.24, 2.45) is 4.99 Å². The predicted octanol–water partition coefficient (Wildman–Crippen LogP) is 3.55. The van der Waals surface area contributed by atoms with E-state index in [1.807, 2.05) is 24.3 Å². The first kappa shape index (κ1) is 15.7. The number of rotatable bonds is 5. The first-order valence-corrected chi connectivity index (χ1v) is 8.32. The molecule has 0 saturated heterocycles. The van der Waals surface area contributed by atoms with Crippen molar-refractivity contribution in [3.05, 3.63) is 69.7 Å². The van der Waals surface area contributed by atoms with Crippen LogP contribution in [0.25, 0.3) is 0 Å². The molecule has 23 heavy (non-hydrogen) atoms. The number of carbonyl (C=O) groups excluding carboxylic acids is 1. The monoisotopic (exact) mass is 372 g/mol. The van der Waals surface area contributed by atoms with Gasteiger partial charge in [0.15, 0.2) is 0 Å². The number of fused-ring (bicyclic) bond motifs is 1. The molecule has 0 spiro atoms. The molecule has 0 saturated carbocycles. The Morgan fingerprint density at radius 1 is 1.17 bits per heavy atom. The van der Waals surface area contributed by atoms with E-state index < -0.39 is 0 Å². The van der Waals surface area contributed by atoms with E-state index in [1.54, 1.807) is 12.1 Å². The van der Waals surface area contributed by atoms with Crippen LogP contribution in [-0.2, 0) is 11.3 Å². The smallest absolute Gasteiger partial charge is 0.338 e. The minimum absolute atomic E-state index is 0.291. The van der Waals surface area contributed by atoms with E-state index in [2.05, 4.69) is 38.4 Å². The van der Waals surface area contributed by atoms with Crippen LogP contribution in [-0.4, -0.2) is 25.0 Å². The number of aliphatic imine (C=N–C) groups is 1. The normalized spacial score (nSPS) is 12.5. The second-order valence-corrected chi connectivity index (χ2v) is 6.16. The summed E-state index contributed by atoms with van der Waals surface area (Å²) < 4.78 is 6.21. The molecule has 5 heteroatoms. The van der Waals surface area contributed by atoms with Gasteiger partial charge in [0.25, 0.3) is 0 Å². The summed E-state index contributed by atoms with van der Waals surface area (Å²) in [6, 6.07) is 15.3. The fraction of sp³-hybridized carbons (Fsp3) is 0.222. The Kier molecular flexibility index (Phi) is 5.08. The van der Waals surface area contributed by atoms with Crippen molar-refractivity contribution < 1.29 is 9.53 Å². The summed E-state index contributed by atoms with van der Waals surface area (Å²) in [6.07, 6.45) is 0.740. The van der Waals surface area contributed by atoms with Gasteiger partial charge in [0, 0.05) is 16.6 Å². The van der Waals surface area contributed by atoms with Gasteiger partial charge in [0.05, 0.1) is 18.7 Å². The predicted molar refractivity (Wildman–Crippen MR) is 93.7 cm³/mol. The van der Waals surface area contributed by atoms with Gasteiger partial charge in [-0.05, 0) is 36.2 Å². The van der Waals surface area contributed by atoms with Crippen LogP contribution in [0.3, 0.4) is 0 Å². The second kappa shape index (κ2) is 7.42. The van der Waals surface area contributed by atoms with E-state index in [0.29, 0.717) is 12.2 Å². The maximum absolute atomic E-state index is 11.9. The van der Waals surface area contributed by atoms with E-state index in [4.69, 9.17) is 4.74 Å². The van der Waals surface area contributed by atoms with Crippen LogP contribution in [0, 0.1) is 0 Å².